The van der Waals surface area contributed by atoms with Gasteiger partial charge in [-0.05, 0) is 0 Å². The fourth-order valence-electron chi connectivity index (χ4n) is 0.206. The maximum Gasteiger partial charge on any atom is 0.327 e. The van der Waals surface area contributed by atoms with E-state index in [-0.39, 0.29) is 0 Å². The van der Waals surface area contributed by atoms with Crippen LogP contribution >= 0.6 is 0 Å². The van der Waals surface area contributed by atoms with Crippen LogP contribution in [0.5, 0.6) is 0 Å². The number of rotatable bonds is 0. The highest BCUT2D eigenvalue weighted by atomic mass is 16.2. The Morgan fingerprint density at radius 1 is 1.20 bits per heavy atom. The Labute approximate surface area is 56.7 Å². The van der Waals surface area contributed by atoms with Crippen LogP contribution in [-0.2, 0) is 14.4 Å². The molecule has 0 saturated carbocycles. The summed E-state index contributed by atoms with van der Waals surface area (Å²) in [6.07, 6.45) is 0. The first-order chi connectivity index (χ1) is 4.54. The molecule has 0 bridgehead atoms. The molecule has 0 aromatic rings. The second-order valence-electron chi connectivity index (χ2n) is 1.50. The van der Waals surface area contributed by atoms with Gasteiger partial charge >= 0.3 is 11.8 Å². The molecule has 0 aliphatic rings. The Bertz CT molecular complexity index is 177. The standard InChI is InChI=1S/C4H7N3O3/c1-2(8)6-7-4(10)3(5)9/h1H3,(H2,5,9)(H,6,8)(H,7,10). The van der Waals surface area contributed by atoms with Crippen molar-refractivity contribution in [2.24, 2.45) is 5.73 Å². The van der Waals surface area contributed by atoms with Gasteiger partial charge in [-0.3, -0.25) is 25.2 Å². The fourth-order valence-corrected chi connectivity index (χ4v) is 0.206. The van der Waals surface area contributed by atoms with Crippen LogP contribution in [0.25, 0.3) is 0 Å². The van der Waals surface area contributed by atoms with Crippen molar-refractivity contribution in [3.05, 3.63) is 0 Å². The molecule has 0 atom stereocenters. The Morgan fingerprint density at radius 3 is 2.00 bits per heavy atom. The summed E-state index contributed by atoms with van der Waals surface area (Å²) in [6, 6.07) is 0. The van der Waals surface area contributed by atoms with E-state index >= 15 is 0 Å². The molecule has 0 fully saturated rings. The minimum Gasteiger partial charge on any atom is -0.361 e. The Kier molecular flexibility index (Phi) is 2.89. The van der Waals surface area contributed by atoms with Gasteiger partial charge in [-0.2, -0.15) is 0 Å². The molecule has 4 N–H and O–H groups in total. The summed E-state index contributed by atoms with van der Waals surface area (Å²) < 4.78 is 0. The van der Waals surface area contributed by atoms with Crippen molar-refractivity contribution in [2.75, 3.05) is 0 Å². The molecule has 0 unspecified atom stereocenters. The molecule has 0 radical (unpaired) electrons. The number of primary amides is 1. The molecular formula is C4H7N3O3. The van der Waals surface area contributed by atoms with Crippen LogP contribution in [0, 0.1) is 0 Å². The van der Waals surface area contributed by atoms with Crippen molar-refractivity contribution < 1.29 is 14.4 Å². The third-order valence-corrected chi connectivity index (χ3v) is 0.576. The van der Waals surface area contributed by atoms with Crippen LogP contribution in [-0.4, -0.2) is 17.7 Å². The molecule has 6 heteroatoms. The molecular weight excluding hydrogens is 138 g/mol. The van der Waals surface area contributed by atoms with E-state index in [1.165, 1.54) is 6.92 Å². The SMILES string of the molecule is CC(=O)NNC(=O)C(N)=O. The summed E-state index contributed by atoms with van der Waals surface area (Å²) in [5.74, 6) is -2.67. The van der Waals surface area contributed by atoms with Crippen LogP contribution in [0.2, 0.25) is 0 Å². The molecule has 0 aliphatic heterocycles. The van der Waals surface area contributed by atoms with Gasteiger partial charge in [-0.1, -0.05) is 0 Å². The zero-order valence-electron chi connectivity index (χ0n) is 5.30. The molecule has 0 spiro atoms. The molecule has 0 rings (SSSR count). The number of carbonyl (C=O) groups is 3. The van der Waals surface area contributed by atoms with E-state index in [0.717, 1.165) is 0 Å². The van der Waals surface area contributed by atoms with E-state index in [4.69, 9.17) is 0 Å². The summed E-state index contributed by atoms with van der Waals surface area (Å²) in [6.45, 7) is 1.18. The number of nitrogens with two attached hydrogens (primary N) is 1. The van der Waals surface area contributed by atoms with Crippen LogP contribution in [0.15, 0.2) is 0 Å². The molecule has 0 aromatic heterocycles. The van der Waals surface area contributed by atoms with Crippen molar-refractivity contribution >= 4 is 17.7 Å². The van der Waals surface area contributed by atoms with Gasteiger partial charge in [0.15, 0.2) is 0 Å². The van der Waals surface area contributed by atoms with Crippen molar-refractivity contribution in [3.63, 3.8) is 0 Å². The van der Waals surface area contributed by atoms with E-state index in [1.807, 2.05) is 5.43 Å². The number of hydrazine groups is 1. The molecule has 10 heavy (non-hydrogen) atoms. The maximum atomic E-state index is 10.2. The number of hydrogen-bond donors (Lipinski definition) is 3. The zero-order chi connectivity index (χ0) is 8.15. The van der Waals surface area contributed by atoms with Crippen LogP contribution < -0.4 is 16.6 Å². The lowest BCUT2D eigenvalue weighted by molar-refractivity contribution is -0.139. The van der Waals surface area contributed by atoms with E-state index in [2.05, 4.69) is 5.73 Å². The lowest BCUT2D eigenvalue weighted by atomic mass is 10.6. The third kappa shape index (κ3) is 3.42. The van der Waals surface area contributed by atoms with Gasteiger partial charge < -0.3 is 5.73 Å². The average molecular weight is 145 g/mol. The quantitative estimate of drug-likeness (QED) is 0.262. The molecule has 0 saturated heterocycles. The summed E-state index contributed by atoms with van der Waals surface area (Å²) in [5, 5.41) is 0. The van der Waals surface area contributed by atoms with Gasteiger partial charge in [0.05, 0.1) is 0 Å². The first-order valence-electron chi connectivity index (χ1n) is 2.40. The highest BCUT2D eigenvalue weighted by molar-refractivity contribution is 6.34. The largest absolute Gasteiger partial charge is 0.361 e. The second-order valence-corrected chi connectivity index (χ2v) is 1.50. The summed E-state index contributed by atoms with van der Waals surface area (Å²) in [4.78, 5) is 30.3. The number of nitrogens with one attached hydrogen (secondary N) is 2. The van der Waals surface area contributed by atoms with Crippen molar-refractivity contribution in [2.45, 2.75) is 6.92 Å². The minimum atomic E-state index is -1.14. The van der Waals surface area contributed by atoms with E-state index in [1.54, 1.807) is 5.43 Å². The molecule has 3 amide bonds. The van der Waals surface area contributed by atoms with Crippen molar-refractivity contribution in [1.29, 1.82) is 0 Å². The number of carbonyl (C=O) groups excluding carboxylic acids is 3. The van der Waals surface area contributed by atoms with E-state index in [0.29, 0.717) is 0 Å². The normalized spacial score (nSPS) is 8.10. The Hall–Kier alpha value is -1.59. The minimum absolute atomic E-state index is 0.477. The highest BCUT2D eigenvalue weighted by Gasteiger charge is 2.06. The van der Waals surface area contributed by atoms with Crippen LogP contribution in [0.3, 0.4) is 0 Å². The van der Waals surface area contributed by atoms with Gasteiger partial charge in [-0.15, -0.1) is 0 Å². The maximum absolute atomic E-state index is 10.2. The first-order valence-corrected chi connectivity index (χ1v) is 2.40. The average Bonchev–Trinajstić information content (AvgIpc) is 1.82. The van der Waals surface area contributed by atoms with Crippen molar-refractivity contribution in [3.8, 4) is 0 Å². The molecule has 6 nitrogen and oxygen atoms in total. The van der Waals surface area contributed by atoms with Crippen LogP contribution in [0.4, 0.5) is 0 Å². The topological polar surface area (TPSA) is 101 Å². The number of amides is 3. The number of hydrogen-bond acceptors (Lipinski definition) is 3. The summed E-state index contributed by atoms with van der Waals surface area (Å²) in [7, 11) is 0. The molecule has 0 heterocycles. The zero-order valence-corrected chi connectivity index (χ0v) is 5.30. The Balaban J connectivity index is 3.60. The van der Waals surface area contributed by atoms with Gasteiger partial charge in [0.2, 0.25) is 5.91 Å². The first kappa shape index (κ1) is 8.41. The lowest BCUT2D eigenvalue weighted by Crippen LogP contribution is -2.46. The smallest absolute Gasteiger partial charge is 0.327 e. The van der Waals surface area contributed by atoms with Gasteiger partial charge in [-0.25, -0.2) is 0 Å². The van der Waals surface area contributed by atoms with E-state index in [9.17, 15) is 14.4 Å². The predicted octanol–water partition coefficient (Wildman–Crippen LogP) is -2.36. The van der Waals surface area contributed by atoms with Gasteiger partial charge in [0, 0.05) is 6.92 Å². The molecule has 56 valence electrons. The predicted molar refractivity (Wildman–Crippen MR) is 31.2 cm³/mol. The lowest BCUT2D eigenvalue weighted by Gasteiger charge is -1.99. The molecule has 0 aliphatic carbocycles. The van der Waals surface area contributed by atoms with Crippen molar-refractivity contribution in [1.82, 2.24) is 10.9 Å². The van der Waals surface area contributed by atoms with Gasteiger partial charge in [0.25, 0.3) is 0 Å². The Morgan fingerprint density at radius 2 is 1.70 bits per heavy atom. The monoisotopic (exact) mass is 145 g/mol. The second kappa shape index (κ2) is 3.44. The van der Waals surface area contributed by atoms with Crippen LogP contribution in [0.1, 0.15) is 6.92 Å². The van der Waals surface area contributed by atoms with Gasteiger partial charge in [0.1, 0.15) is 0 Å². The van der Waals surface area contributed by atoms with E-state index < -0.39 is 17.7 Å². The summed E-state index contributed by atoms with van der Waals surface area (Å²) >= 11 is 0. The highest BCUT2D eigenvalue weighted by Crippen LogP contribution is 1.58. The molecule has 0 aromatic carbocycles. The fraction of sp³-hybridized carbons (Fsp3) is 0.250. The summed E-state index contributed by atoms with van der Waals surface area (Å²) in [5.41, 5.74) is 8.18. The third-order valence-electron chi connectivity index (χ3n) is 0.576.